The number of aromatic nitrogens is 2. The van der Waals surface area contributed by atoms with E-state index in [1.54, 1.807) is 0 Å². The fraction of sp³-hybridized carbons (Fsp3) is 0.340. The van der Waals surface area contributed by atoms with Crippen molar-refractivity contribution in [1.82, 2.24) is 4.57 Å². The fourth-order valence-electron chi connectivity index (χ4n) is 10.5. The summed E-state index contributed by atoms with van der Waals surface area (Å²) in [6, 6.07) is 34.5. The minimum Gasteiger partial charge on any atom is -0.456 e. The highest BCUT2D eigenvalue weighted by molar-refractivity contribution is 6.11. The van der Waals surface area contributed by atoms with Gasteiger partial charge in [-0.25, -0.2) is 4.57 Å². The number of allylic oxidation sites excluding steroid dienone is 1. The smallest absolute Gasteiger partial charge is 0.288 e. The monoisotopic (exact) mass is 683 g/mol. The molecule has 5 nitrogen and oxygen atoms in total. The number of rotatable bonds is 1. The van der Waals surface area contributed by atoms with Crippen molar-refractivity contribution in [2.24, 2.45) is 11.3 Å². The first kappa shape index (κ1) is 30.6. The first-order valence-electron chi connectivity index (χ1n) is 19.1. The molecule has 6 heterocycles. The Hall–Kier alpha value is -5.03. The summed E-state index contributed by atoms with van der Waals surface area (Å²) in [6.45, 7) is 21.1. The molecule has 2 aromatic heterocycles. The molecule has 0 amide bonds. The zero-order valence-corrected chi connectivity index (χ0v) is 31.7. The van der Waals surface area contributed by atoms with Crippen LogP contribution in [0.3, 0.4) is 0 Å². The summed E-state index contributed by atoms with van der Waals surface area (Å²) in [6.07, 6.45) is 4.97. The van der Waals surface area contributed by atoms with Crippen LogP contribution in [-0.4, -0.2) is 10.7 Å². The highest BCUT2D eigenvalue weighted by atomic mass is 16.5. The van der Waals surface area contributed by atoms with Gasteiger partial charge in [-0.3, -0.25) is 0 Å². The van der Waals surface area contributed by atoms with Gasteiger partial charge in [-0.05, 0) is 76.6 Å². The lowest BCUT2D eigenvalue weighted by Crippen LogP contribution is -2.57. The van der Waals surface area contributed by atoms with Crippen molar-refractivity contribution in [3.8, 4) is 17.3 Å². The average Bonchev–Trinajstić information content (AvgIpc) is 3.43. The standard InChI is InChI=1S/C47H47N4O/c1-44(2,3)27-14-12-15-29(24-27)50-36(46(7,8)9)26-48-33-18-13-19-34-38(33)40-41(43(48)50)47(40)39-35(52-34)21-20-31-30-16-10-11-17-32(30)51(42(31)39)37-25-28(45(4,5)6)22-23-49(37)47/h10-26,40-41,43H,1-9H3/q+1. The maximum atomic E-state index is 7.14. The van der Waals surface area contributed by atoms with Crippen LogP contribution in [-0.2, 0) is 16.4 Å². The van der Waals surface area contributed by atoms with Crippen molar-refractivity contribution < 1.29 is 9.30 Å². The predicted octanol–water partition coefficient (Wildman–Crippen LogP) is 10.8. The van der Waals surface area contributed by atoms with E-state index in [-0.39, 0.29) is 39.8 Å². The summed E-state index contributed by atoms with van der Waals surface area (Å²) >= 11 is 0. The Morgan fingerprint density at radius 3 is 2.21 bits per heavy atom. The Labute approximate surface area is 306 Å². The van der Waals surface area contributed by atoms with E-state index in [0.717, 1.165) is 11.5 Å². The quantitative estimate of drug-likeness (QED) is 0.161. The summed E-state index contributed by atoms with van der Waals surface area (Å²) in [5.74, 6) is 3.69. The summed E-state index contributed by atoms with van der Waals surface area (Å²) in [4.78, 5) is 5.33. The number of hydrogen-bond acceptors (Lipinski definition) is 3. The molecule has 52 heavy (non-hydrogen) atoms. The summed E-state index contributed by atoms with van der Waals surface area (Å²) in [5.41, 5.74) is 11.4. The number of benzene rings is 4. The van der Waals surface area contributed by atoms with Gasteiger partial charge in [0, 0.05) is 57.0 Å². The second-order valence-corrected chi connectivity index (χ2v) is 19.0. The van der Waals surface area contributed by atoms with Crippen LogP contribution in [0.25, 0.3) is 27.6 Å². The van der Waals surface area contributed by atoms with Gasteiger partial charge < -0.3 is 14.5 Å². The number of hydrogen-bond donors (Lipinski definition) is 0. The summed E-state index contributed by atoms with van der Waals surface area (Å²) in [5, 5.41) is 2.59. The first-order valence-corrected chi connectivity index (χ1v) is 19.1. The number of pyridine rings is 1. The molecule has 1 saturated carbocycles. The van der Waals surface area contributed by atoms with Crippen LogP contribution in [0.1, 0.15) is 90.5 Å². The normalized spacial score (nSPS) is 23.6. The zero-order chi connectivity index (χ0) is 35.9. The van der Waals surface area contributed by atoms with Gasteiger partial charge >= 0.3 is 0 Å². The van der Waals surface area contributed by atoms with Crippen LogP contribution in [0.15, 0.2) is 109 Å². The minimum absolute atomic E-state index is 0.00273. The molecule has 4 aliphatic heterocycles. The molecule has 0 radical (unpaired) electrons. The van der Waals surface area contributed by atoms with Gasteiger partial charge in [-0.15, -0.1) is 0 Å². The Balaban J connectivity index is 1.27. The van der Waals surface area contributed by atoms with Gasteiger partial charge in [-0.2, -0.15) is 4.57 Å². The van der Waals surface area contributed by atoms with Crippen molar-refractivity contribution >= 4 is 33.2 Å². The molecule has 6 aromatic rings. The van der Waals surface area contributed by atoms with Gasteiger partial charge in [0.1, 0.15) is 23.2 Å². The number of anilines is 2. The molecule has 260 valence electrons. The molecule has 4 unspecified atom stereocenters. The van der Waals surface area contributed by atoms with Gasteiger partial charge in [0.05, 0.1) is 17.7 Å². The Bertz CT molecular complexity index is 2610. The number of ether oxygens (including phenoxy) is 1. The molecule has 5 heteroatoms. The predicted molar refractivity (Wildman–Crippen MR) is 211 cm³/mol. The minimum atomic E-state index is -0.354. The molecule has 0 saturated heterocycles. The van der Waals surface area contributed by atoms with Crippen LogP contribution in [0.4, 0.5) is 11.4 Å². The van der Waals surface area contributed by atoms with E-state index in [2.05, 4.69) is 185 Å². The van der Waals surface area contributed by atoms with E-state index in [1.165, 1.54) is 66.9 Å². The Morgan fingerprint density at radius 2 is 1.44 bits per heavy atom. The molecule has 1 spiro atoms. The number of nitrogens with zero attached hydrogens (tertiary/aromatic N) is 4. The van der Waals surface area contributed by atoms with Crippen molar-refractivity contribution in [3.05, 3.63) is 131 Å². The molecular formula is C47H47N4O+. The van der Waals surface area contributed by atoms with E-state index in [9.17, 15) is 0 Å². The van der Waals surface area contributed by atoms with Gasteiger partial charge in [-0.1, -0.05) is 92.6 Å². The lowest BCUT2D eigenvalue weighted by molar-refractivity contribution is -0.729. The maximum absolute atomic E-state index is 7.14. The molecule has 4 atom stereocenters. The van der Waals surface area contributed by atoms with Crippen LogP contribution in [0, 0.1) is 11.3 Å². The third-order valence-corrected chi connectivity index (χ3v) is 12.9. The second-order valence-electron chi connectivity index (χ2n) is 19.0. The summed E-state index contributed by atoms with van der Waals surface area (Å²) < 4.78 is 12.4. The molecule has 11 rings (SSSR count). The first-order chi connectivity index (χ1) is 24.7. The zero-order valence-electron chi connectivity index (χ0n) is 31.7. The molecule has 5 aliphatic rings. The van der Waals surface area contributed by atoms with Crippen LogP contribution in [0.5, 0.6) is 11.5 Å². The van der Waals surface area contributed by atoms with E-state index >= 15 is 0 Å². The molecule has 1 aliphatic carbocycles. The number of fused-ring (bicyclic) bond motifs is 8. The average molecular weight is 684 g/mol. The van der Waals surface area contributed by atoms with E-state index < -0.39 is 0 Å². The second kappa shape index (κ2) is 9.30. The molecular weight excluding hydrogens is 637 g/mol. The fourth-order valence-corrected chi connectivity index (χ4v) is 10.5. The highest BCUT2D eigenvalue weighted by Gasteiger charge is 2.82. The van der Waals surface area contributed by atoms with Gasteiger partial charge in [0.2, 0.25) is 0 Å². The Morgan fingerprint density at radius 1 is 0.692 bits per heavy atom. The summed E-state index contributed by atoms with van der Waals surface area (Å²) in [7, 11) is 0. The van der Waals surface area contributed by atoms with Gasteiger partial charge in [0.25, 0.3) is 5.82 Å². The van der Waals surface area contributed by atoms with E-state index in [1.807, 2.05) is 0 Å². The van der Waals surface area contributed by atoms with E-state index in [0.29, 0.717) is 0 Å². The number of para-hydroxylation sites is 1. The van der Waals surface area contributed by atoms with Crippen molar-refractivity contribution in [2.45, 2.75) is 90.8 Å². The van der Waals surface area contributed by atoms with Crippen molar-refractivity contribution in [2.75, 3.05) is 9.80 Å². The van der Waals surface area contributed by atoms with Crippen LogP contribution >= 0.6 is 0 Å². The molecule has 4 aromatic carbocycles. The lowest BCUT2D eigenvalue weighted by Gasteiger charge is -2.41. The molecule has 0 N–H and O–H groups in total. The topological polar surface area (TPSA) is 24.5 Å². The third-order valence-electron chi connectivity index (χ3n) is 12.9. The van der Waals surface area contributed by atoms with Crippen molar-refractivity contribution in [1.29, 1.82) is 0 Å². The Kier molecular flexibility index (Phi) is 5.47. The van der Waals surface area contributed by atoms with Crippen LogP contribution in [0.2, 0.25) is 0 Å². The van der Waals surface area contributed by atoms with Crippen molar-refractivity contribution in [3.63, 3.8) is 0 Å². The van der Waals surface area contributed by atoms with E-state index in [4.69, 9.17) is 4.74 Å². The van der Waals surface area contributed by atoms with Crippen LogP contribution < -0.4 is 19.1 Å². The maximum Gasteiger partial charge on any atom is 0.288 e. The van der Waals surface area contributed by atoms with Gasteiger partial charge in [0.15, 0.2) is 11.1 Å². The third kappa shape index (κ3) is 3.57. The largest absolute Gasteiger partial charge is 0.456 e. The molecule has 0 bridgehead atoms. The highest BCUT2D eigenvalue weighted by Crippen LogP contribution is 2.76. The molecule has 1 fully saturated rings. The lowest BCUT2D eigenvalue weighted by atomic mass is 9.86. The SMILES string of the molecule is CC(C)(C)C1=CN2c3cccc4c3C3C(C2N1c1cccc(C(C)(C)C)c1)C31c2c(ccc3c5ccccc5n(c23)-c2cc(C(C)(C)C)cc[n+]21)O4.